The molecule has 4 amide bonds. The molecule has 0 saturated heterocycles. The van der Waals surface area contributed by atoms with Crippen molar-refractivity contribution in [3.05, 3.63) is 179 Å². The Morgan fingerprint density at radius 3 is 1.52 bits per heavy atom. The summed E-state index contributed by atoms with van der Waals surface area (Å²) in [5, 5.41) is 11.8. The van der Waals surface area contributed by atoms with Crippen molar-refractivity contribution in [2.24, 2.45) is 5.92 Å². The van der Waals surface area contributed by atoms with E-state index in [1.165, 1.54) is 11.8 Å². The molecule has 0 spiro atoms. The molecule has 0 aromatic heterocycles. The second-order valence-electron chi connectivity index (χ2n) is 15.0. The summed E-state index contributed by atoms with van der Waals surface area (Å²) >= 11 is 1.32. The Balaban J connectivity index is 1.35. The Morgan fingerprint density at radius 2 is 1.03 bits per heavy atom. The Labute approximate surface area is 357 Å². The van der Waals surface area contributed by atoms with Gasteiger partial charge in [-0.15, -0.1) is 0 Å². The lowest BCUT2D eigenvalue weighted by atomic mass is 9.77. The number of nitrogens with one attached hydrogen (secondary N) is 4. The van der Waals surface area contributed by atoms with Crippen LogP contribution in [0.25, 0.3) is 0 Å². The number of alkyl carbamates (subject to hydrolysis) is 1. The van der Waals surface area contributed by atoms with E-state index in [1.54, 1.807) is 6.26 Å². The average Bonchev–Trinajstić information content (AvgIpc) is 3.27. The predicted octanol–water partition coefficient (Wildman–Crippen LogP) is 7.36. The monoisotopic (exact) mass is 826 g/mol. The third-order valence-corrected chi connectivity index (χ3v) is 10.6. The highest BCUT2D eigenvalue weighted by atomic mass is 32.2. The normalized spacial score (nSPS) is 12.7. The van der Waals surface area contributed by atoms with E-state index in [1.807, 2.05) is 166 Å². The number of hydrogen-bond acceptors (Lipinski definition) is 7. The molecule has 4 N–H and O–H groups in total. The van der Waals surface area contributed by atoms with Crippen LogP contribution in [0.2, 0.25) is 0 Å². The lowest BCUT2D eigenvalue weighted by Crippen LogP contribution is -2.57. The van der Waals surface area contributed by atoms with Gasteiger partial charge in [0.1, 0.15) is 24.2 Å². The molecule has 0 saturated carbocycles. The molecule has 60 heavy (non-hydrogen) atoms. The summed E-state index contributed by atoms with van der Waals surface area (Å²) in [5.74, 6) is -1.61. The van der Waals surface area contributed by atoms with Crippen LogP contribution < -0.4 is 21.3 Å². The number of ketones is 1. The van der Waals surface area contributed by atoms with E-state index in [-0.39, 0.29) is 55.7 Å². The van der Waals surface area contributed by atoms with E-state index in [0.29, 0.717) is 0 Å². The smallest absolute Gasteiger partial charge is 0.408 e. The van der Waals surface area contributed by atoms with Crippen LogP contribution in [-0.4, -0.2) is 59.7 Å². The maximum Gasteiger partial charge on any atom is 0.408 e. The zero-order chi connectivity index (χ0) is 42.7. The molecule has 10 nitrogen and oxygen atoms in total. The minimum absolute atomic E-state index is 0.0145. The molecule has 11 heteroatoms. The first-order valence-corrected chi connectivity index (χ1v) is 21.6. The molecule has 5 rings (SSSR count). The maximum atomic E-state index is 14.3. The second-order valence-corrected chi connectivity index (χ2v) is 15.9. The number of hydrogen-bond donors (Lipinski definition) is 4. The average molecular weight is 827 g/mol. The summed E-state index contributed by atoms with van der Waals surface area (Å²) in [6.07, 6.45) is 1.36. The highest BCUT2D eigenvalue weighted by molar-refractivity contribution is 7.99. The van der Waals surface area contributed by atoms with Crippen molar-refractivity contribution in [2.45, 2.75) is 69.8 Å². The number of amides is 4. The van der Waals surface area contributed by atoms with Gasteiger partial charge in [0.05, 0.1) is 11.8 Å². The molecule has 0 radical (unpaired) electrons. The number of thioether (sulfide) groups is 1. The molecule has 0 aliphatic heterocycles. The highest BCUT2D eigenvalue weighted by Crippen LogP contribution is 2.37. The summed E-state index contributed by atoms with van der Waals surface area (Å²) in [6.45, 7) is 3.87. The molecule has 0 heterocycles. The second kappa shape index (κ2) is 22.8. The quantitative estimate of drug-likeness (QED) is 0.0567. The molecule has 5 aromatic carbocycles. The van der Waals surface area contributed by atoms with Gasteiger partial charge in [0.25, 0.3) is 0 Å². The molecule has 0 bridgehead atoms. The van der Waals surface area contributed by atoms with Crippen molar-refractivity contribution >= 4 is 41.4 Å². The Hall–Kier alpha value is -6.20. The molecule has 5 aromatic rings. The fraction of sp³-hybridized carbons (Fsp3) is 0.286. The van der Waals surface area contributed by atoms with E-state index in [2.05, 4.69) is 21.3 Å². The van der Waals surface area contributed by atoms with Crippen LogP contribution in [0.15, 0.2) is 152 Å². The van der Waals surface area contributed by atoms with Crippen LogP contribution in [0.4, 0.5) is 4.79 Å². The molecular weight excluding hydrogens is 773 g/mol. The van der Waals surface area contributed by atoms with Gasteiger partial charge in [-0.05, 0) is 52.8 Å². The van der Waals surface area contributed by atoms with Crippen molar-refractivity contribution in [1.82, 2.24) is 21.3 Å². The van der Waals surface area contributed by atoms with Gasteiger partial charge in [-0.2, -0.15) is 11.8 Å². The summed E-state index contributed by atoms with van der Waals surface area (Å²) in [5.41, 5.74) is 3.08. The fourth-order valence-electron chi connectivity index (χ4n) is 7.10. The zero-order valence-electron chi connectivity index (χ0n) is 34.3. The SMILES string of the molecule is CSCC(=O)[C@H](CCC(=O)NC(c1ccccc1)(c1ccccc1)c1ccccc1)NC(=O)[C@H](Cc1ccccc1)NC(=O)[C@H](CC(C)C)NC(=O)OCc1ccccc1. The number of carbonyl (C=O) groups is 5. The number of Topliss-reactive ketones (excluding diaryl/α,β-unsaturated/α-hetero) is 1. The number of carbonyl (C=O) groups excluding carboxylic acids is 5. The Morgan fingerprint density at radius 1 is 0.583 bits per heavy atom. The largest absolute Gasteiger partial charge is 0.445 e. The molecule has 0 unspecified atom stereocenters. The van der Waals surface area contributed by atoms with E-state index >= 15 is 0 Å². The van der Waals surface area contributed by atoms with Gasteiger partial charge < -0.3 is 26.0 Å². The Bertz CT molecular complexity index is 2030. The van der Waals surface area contributed by atoms with Crippen LogP contribution in [0, 0.1) is 5.92 Å². The standard InChI is InChI=1S/C49H54N4O6S/c1-35(2)31-42(52-48(58)59-33-37-21-11-5-12-22-37)46(56)51-43(32-36-19-9-4-10-20-36)47(57)50-41(44(54)34-60-3)29-30-45(55)53-49(38-23-13-6-14-24-38,39-25-15-7-16-26-39)40-27-17-8-18-28-40/h4-28,35,41-43H,29-34H2,1-3H3,(H,50,57)(H,51,56)(H,52,58)(H,53,55)/t41-,42-,43-/m0/s1. The molecule has 0 fully saturated rings. The van der Waals surface area contributed by atoms with E-state index in [0.717, 1.165) is 27.8 Å². The number of rotatable bonds is 21. The minimum atomic E-state index is -1.11. The van der Waals surface area contributed by atoms with Crippen molar-refractivity contribution in [3.8, 4) is 0 Å². The zero-order valence-corrected chi connectivity index (χ0v) is 35.2. The van der Waals surface area contributed by atoms with E-state index < -0.39 is 41.6 Å². The van der Waals surface area contributed by atoms with Crippen LogP contribution >= 0.6 is 11.8 Å². The third kappa shape index (κ3) is 12.9. The summed E-state index contributed by atoms with van der Waals surface area (Å²) < 4.78 is 5.41. The fourth-order valence-corrected chi connectivity index (χ4v) is 7.58. The Kier molecular flexibility index (Phi) is 17.1. The molecule has 0 aliphatic carbocycles. The summed E-state index contributed by atoms with van der Waals surface area (Å²) in [7, 11) is 0. The van der Waals surface area contributed by atoms with Crippen molar-refractivity contribution in [3.63, 3.8) is 0 Å². The molecule has 3 atom stereocenters. The lowest BCUT2D eigenvalue weighted by Gasteiger charge is -2.37. The van der Waals surface area contributed by atoms with E-state index in [4.69, 9.17) is 4.74 Å². The summed E-state index contributed by atoms with van der Waals surface area (Å²) in [4.78, 5) is 68.9. The van der Waals surface area contributed by atoms with Gasteiger partial charge in [-0.1, -0.05) is 166 Å². The van der Waals surface area contributed by atoms with Gasteiger partial charge in [-0.25, -0.2) is 4.79 Å². The molecule has 312 valence electrons. The van der Waals surface area contributed by atoms with Gasteiger partial charge >= 0.3 is 6.09 Å². The first-order chi connectivity index (χ1) is 29.1. The molecular formula is C49H54N4O6S. The number of ether oxygens (including phenoxy) is 1. The highest BCUT2D eigenvalue weighted by Gasteiger charge is 2.38. The first-order valence-electron chi connectivity index (χ1n) is 20.2. The predicted molar refractivity (Wildman–Crippen MR) is 237 cm³/mol. The van der Waals surface area contributed by atoms with Gasteiger partial charge in [-0.3, -0.25) is 19.2 Å². The first kappa shape index (κ1) is 44.9. The lowest BCUT2D eigenvalue weighted by molar-refractivity contribution is -0.132. The maximum absolute atomic E-state index is 14.3. The molecule has 0 aliphatic rings. The third-order valence-electron chi connectivity index (χ3n) is 10.0. The van der Waals surface area contributed by atoms with E-state index in [9.17, 15) is 24.0 Å². The van der Waals surface area contributed by atoms with Crippen molar-refractivity contribution in [1.29, 1.82) is 0 Å². The van der Waals surface area contributed by atoms with Crippen LogP contribution in [0.5, 0.6) is 0 Å². The van der Waals surface area contributed by atoms with Gasteiger partial charge in [0.2, 0.25) is 17.7 Å². The topological polar surface area (TPSA) is 143 Å². The van der Waals surface area contributed by atoms with Crippen molar-refractivity contribution in [2.75, 3.05) is 12.0 Å². The van der Waals surface area contributed by atoms with Crippen molar-refractivity contribution < 1.29 is 28.7 Å². The van der Waals surface area contributed by atoms with Gasteiger partial charge in [0, 0.05) is 12.8 Å². The van der Waals surface area contributed by atoms with Crippen LogP contribution in [-0.2, 0) is 42.5 Å². The minimum Gasteiger partial charge on any atom is -0.445 e. The number of benzene rings is 5. The summed E-state index contributed by atoms with van der Waals surface area (Å²) in [6, 6.07) is 44.4. The van der Waals surface area contributed by atoms with Crippen LogP contribution in [0.1, 0.15) is 60.9 Å². The van der Waals surface area contributed by atoms with Crippen LogP contribution in [0.3, 0.4) is 0 Å². The van der Waals surface area contributed by atoms with Gasteiger partial charge in [0.15, 0.2) is 5.78 Å².